The molecule has 0 bridgehead atoms. The van der Waals surface area contributed by atoms with Crippen LogP contribution >= 0.6 is 0 Å². The Morgan fingerprint density at radius 1 is 1.38 bits per heavy atom. The minimum absolute atomic E-state index is 0.0381. The average molecular weight is 310 g/mol. The molecule has 0 aliphatic heterocycles. The van der Waals surface area contributed by atoms with Crippen LogP contribution in [0.3, 0.4) is 0 Å². The molecule has 2 N–H and O–H groups in total. The molecular weight excluding hydrogens is 299 g/mol. The normalized spacial score (nSPS) is 12.1. The number of sulfonamides is 1. The molecular formula is C11H11FN6O2S. The van der Waals surface area contributed by atoms with Crippen LogP contribution in [0.4, 0.5) is 4.39 Å². The largest absolute Gasteiger partial charge is 0.338 e. The molecule has 110 valence electrons. The molecule has 2 heterocycles. The van der Waals surface area contributed by atoms with Crippen LogP contribution in [0, 0.1) is 5.82 Å². The molecule has 8 nitrogen and oxygen atoms in total. The zero-order valence-corrected chi connectivity index (χ0v) is 11.7. The van der Waals surface area contributed by atoms with Crippen LogP contribution in [0.1, 0.15) is 5.82 Å². The SMILES string of the molecule is Cn1nnc(Cn2cc(S(N)(=O)=O)c3c(F)cccc32)n1. The minimum Gasteiger partial charge on any atom is -0.338 e. The highest BCUT2D eigenvalue weighted by Crippen LogP contribution is 2.27. The lowest BCUT2D eigenvalue weighted by molar-refractivity contribution is 0.596. The Morgan fingerprint density at radius 2 is 2.14 bits per heavy atom. The number of hydrogen-bond donors (Lipinski definition) is 1. The van der Waals surface area contributed by atoms with Crippen LogP contribution in [-0.2, 0) is 23.6 Å². The number of hydrogen-bond acceptors (Lipinski definition) is 5. The minimum atomic E-state index is -4.04. The van der Waals surface area contributed by atoms with Crippen molar-refractivity contribution in [3.63, 3.8) is 0 Å². The molecule has 21 heavy (non-hydrogen) atoms. The molecule has 2 aromatic heterocycles. The first-order valence-corrected chi connectivity index (χ1v) is 7.44. The molecule has 0 aliphatic rings. The monoisotopic (exact) mass is 310 g/mol. The average Bonchev–Trinajstić information content (AvgIpc) is 2.95. The van der Waals surface area contributed by atoms with E-state index >= 15 is 0 Å². The summed E-state index contributed by atoms with van der Waals surface area (Å²) in [4.78, 5) is 1.02. The van der Waals surface area contributed by atoms with E-state index in [9.17, 15) is 12.8 Å². The first-order valence-electron chi connectivity index (χ1n) is 5.89. The third-order valence-corrected chi connectivity index (χ3v) is 3.91. The number of nitrogens with zero attached hydrogens (tertiary/aromatic N) is 5. The van der Waals surface area contributed by atoms with Gasteiger partial charge in [0.1, 0.15) is 10.7 Å². The summed E-state index contributed by atoms with van der Waals surface area (Å²) in [6.07, 6.45) is 1.28. The zero-order chi connectivity index (χ0) is 15.2. The summed E-state index contributed by atoms with van der Waals surface area (Å²) >= 11 is 0. The molecule has 3 aromatic rings. The summed E-state index contributed by atoms with van der Waals surface area (Å²) in [6, 6.07) is 4.27. The van der Waals surface area contributed by atoms with Gasteiger partial charge in [-0.25, -0.2) is 17.9 Å². The number of primary sulfonamides is 1. The molecule has 0 radical (unpaired) electrons. The van der Waals surface area contributed by atoms with Gasteiger partial charge in [-0.3, -0.25) is 0 Å². The highest BCUT2D eigenvalue weighted by Gasteiger charge is 2.20. The van der Waals surface area contributed by atoms with Crippen molar-refractivity contribution >= 4 is 20.9 Å². The Morgan fingerprint density at radius 3 is 2.76 bits per heavy atom. The summed E-state index contributed by atoms with van der Waals surface area (Å²) in [5, 5.41) is 16.6. The van der Waals surface area contributed by atoms with Gasteiger partial charge in [-0.05, 0) is 17.3 Å². The maximum atomic E-state index is 14.0. The maximum absolute atomic E-state index is 14.0. The molecule has 0 saturated heterocycles. The van der Waals surface area contributed by atoms with Crippen LogP contribution < -0.4 is 5.14 Å². The predicted octanol–water partition coefficient (Wildman–Crippen LogP) is -0.000400. The van der Waals surface area contributed by atoms with Crippen LogP contribution in [0.2, 0.25) is 0 Å². The number of aryl methyl sites for hydroxylation is 1. The number of rotatable bonds is 3. The Bertz CT molecular complexity index is 929. The lowest BCUT2D eigenvalue weighted by atomic mass is 10.2. The summed E-state index contributed by atoms with van der Waals surface area (Å²) in [7, 11) is -2.43. The van der Waals surface area contributed by atoms with Gasteiger partial charge >= 0.3 is 0 Å². The van der Waals surface area contributed by atoms with Crippen molar-refractivity contribution in [2.24, 2.45) is 12.2 Å². The Balaban J connectivity index is 2.22. The Labute approximate surface area is 119 Å². The number of fused-ring (bicyclic) bond motifs is 1. The van der Waals surface area contributed by atoms with Gasteiger partial charge in [-0.2, -0.15) is 4.80 Å². The summed E-state index contributed by atoms with van der Waals surface area (Å²) in [6.45, 7) is 0.156. The van der Waals surface area contributed by atoms with Crippen LogP contribution in [0.5, 0.6) is 0 Å². The molecule has 10 heteroatoms. The fraction of sp³-hybridized carbons (Fsp3) is 0.182. The number of tetrazole rings is 1. The van der Waals surface area contributed by atoms with Crippen molar-refractivity contribution in [1.82, 2.24) is 24.8 Å². The highest BCUT2D eigenvalue weighted by atomic mass is 32.2. The summed E-state index contributed by atoms with van der Waals surface area (Å²) in [5.41, 5.74) is 0.395. The van der Waals surface area contributed by atoms with Crippen molar-refractivity contribution in [3.05, 3.63) is 36.0 Å². The summed E-state index contributed by atoms with van der Waals surface area (Å²) < 4.78 is 38.7. The Hall–Kier alpha value is -2.33. The van der Waals surface area contributed by atoms with Gasteiger partial charge in [0.15, 0.2) is 5.82 Å². The smallest absolute Gasteiger partial charge is 0.240 e. The standard InChI is InChI=1S/C11H11FN6O2S/c1-17-15-10(14-16-17)6-18-5-9(21(13,19)20)11-7(12)3-2-4-8(11)18/h2-5H,6H2,1H3,(H2,13,19,20). The van der Waals surface area contributed by atoms with Crippen LogP contribution in [-0.4, -0.2) is 33.2 Å². The van der Waals surface area contributed by atoms with Gasteiger partial charge in [0.25, 0.3) is 0 Å². The predicted molar refractivity (Wildman–Crippen MR) is 71.2 cm³/mol. The Kier molecular flexibility index (Phi) is 2.99. The van der Waals surface area contributed by atoms with Crippen molar-refractivity contribution in [2.45, 2.75) is 11.4 Å². The lowest BCUT2D eigenvalue weighted by Gasteiger charge is -2.01. The van der Waals surface area contributed by atoms with E-state index in [-0.39, 0.29) is 16.8 Å². The molecule has 0 saturated carbocycles. The first-order chi connectivity index (χ1) is 9.86. The first kappa shape index (κ1) is 13.6. The van der Waals surface area contributed by atoms with E-state index in [0.29, 0.717) is 11.3 Å². The number of aromatic nitrogens is 5. The molecule has 0 atom stereocenters. The third-order valence-electron chi connectivity index (χ3n) is 2.99. The number of halogens is 1. The van der Waals surface area contributed by atoms with Crippen molar-refractivity contribution in [3.8, 4) is 0 Å². The molecule has 0 spiro atoms. The molecule has 1 aromatic carbocycles. The highest BCUT2D eigenvalue weighted by molar-refractivity contribution is 7.89. The van der Waals surface area contributed by atoms with Gasteiger partial charge in [-0.15, -0.1) is 10.2 Å². The maximum Gasteiger partial charge on any atom is 0.240 e. The van der Waals surface area contributed by atoms with Gasteiger partial charge in [0.2, 0.25) is 10.0 Å². The van der Waals surface area contributed by atoms with Crippen molar-refractivity contribution in [1.29, 1.82) is 0 Å². The third kappa shape index (κ3) is 2.38. The van der Waals surface area contributed by atoms with E-state index in [1.807, 2.05) is 0 Å². The van der Waals surface area contributed by atoms with Gasteiger partial charge < -0.3 is 4.57 Å². The van der Waals surface area contributed by atoms with Crippen LogP contribution in [0.25, 0.3) is 10.9 Å². The molecule has 0 unspecified atom stereocenters. The quantitative estimate of drug-likeness (QED) is 0.732. The second-order valence-corrected chi connectivity index (χ2v) is 6.03. The van der Waals surface area contributed by atoms with E-state index in [1.165, 1.54) is 27.7 Å². The van der Waals surface area contributed by atoms with E-state index in [2.05, 4.69) is 15.4 Å². The second-order valence-electron chi connectivity index (χ2n) is 4.50. The van der Waals surface area contributed by atoms with E-state index in [1.54, 1.807) is 13.1 Å². The fourth-order valence-corrected chi connectivity index (χ4v) is 2.92. The zero-order valence-electron chi connectivity index (χ0n) is 10.9. The van der Waals surface area contributed by atoms with E-state index in [4.69, 9.17) is 5.14 Å². The molecule has 0 fully saturated rings. The second kappa shape index (κ2) is 4.60. The molecule has 3 rings (SSSR count). The van der Waals surface area contributed by atoms with Crippen molar-refractivity contribution in [2.75, 3.05) is 0 Å². The topological polar surface area (TPSA) is 109 Å². The molecule has 0 amide bonds. The lowest BCUT2D eigenvalue weighted by Crippen LogP contribution is -2.12. The van der Waals surface area contributed by atoms with Gasteiger partial charge in [0, 0.05) is 6.20 Å². The van der Waals surface area contributed by atoms with Crippen LogP contribution in [0.15, 0.2) is 29.3 Å². The number of benzene rings is 1. The number of nitrogens with two attached hydrogens (primary N) is 1. The van der Waals surface area contributed by atoms with Gasteiger partial charge in [-0.1, -0.05) is 6.07 Å². The fourth-order valence-electron chi connectivity index (χ4n) is 2.16. The van der Waals surface area contributed by atoms with E-state index in [0.717, 1.165) is 0 Å². The molecule has 0 aliphatic carbocycles. The van der Waals surface area contributed by atoms with E-state index < -0.39 is 15.8 Å². The summed E-state index contributed by atoms with van der Waals surface area (Å²) in [5.74, 6) is -0.276. The van der Waals surface area contributed by atoms with Crippen molar-refractivity contribution < 1.29 is 12.8 Å². The van der Waals surface area contributed by atoms with Gasteiger partial charge in [0.05, 0.1) is 24.5 Å².